The van der Waals surface area contributed by atoms with Crippen molar-refractivity contribution in [3.05, 3.63) is 65.2 Å². The van der Waals surface area contributed by atoms with Crippen LogP contribution >= 0.6 is 0 Å². The van der Waals surface area contributed by atoms with Gasteiger partial charge in [-0.25, -0.2) is 8.42 Å². The first-order chi connectivity index (χ1) is 15.5. The van der Waals surface area contributed by atoms with Crippen molar-refractivity contribution in [3.63, 3.8) is 0 Å². The standard InChI is InChI=1S/C24H31N3O4S/c28-24(20-8-10-23(11-9-20)32(29,30)27-12-4-1-5-13-27)25-18-21-6-2-3-7-22(21)19-26-14-16-31-17-15-26/h2-3,6-11H,1,4-5,12-19H2,(H,25,28). The number of rotatable bonds is 7. The Hall–Kier alpha value is -2.26. The SMILES string of the molecule is O=C(NCc1ccccc1CN1CCOCC1)c1ccc(S(=O)(=O)N2CCCCC2)cc1. The lowest BCUT2D eigenvalue weighted by molar-refractivity contribution is 0.0340. The average molecular weight is 458 g/mol. The minimum atomic E-state index is -3.49. The van der Waals surface area contributed by atoms with Gasteiger partial charge in [0, 0.05) is 44.8 Å². The molecule has 2 heterocycles. The van der Waals surface area contributed by atoms with Crippen molar-refractivity contribution < 1.29 is 17.9 Å². The lowest BCUT2D eigenvalue weighted by Crippen LogP contribution is -2.36. The number of amides is 1. The van der Waals surface area contributed by atoms with Gasteiger partial charge in [0.1, 0.15) is 0 Å². The maximum Gasteiger partial charge on any atom is 0.251 e. The highest BCUT2D eigenvalue weighted by Crippen LogP contribution is 2.21. The molecule has 0 saturated carbocycles. The van der Waals surface area contributed by atoms with Gasteiger partial charge in [-0.3, -0.25) is 9.69 Å². The molecule has 0 radical (unpaired) electrons. The number of hydrogen-bond acceptors (Lipinski definition) is 5. The number of benzene rings is 2. The predicted octanol–water partition coefficient (Wildman–Crippen LogP) is 2.62. The smallest absolute Gasteiger partial charge is 0.251 e. The van der Waals surface area contributed by atoms with Crippen LogP contribution in [-0.4, -0.2) is 62.9 Å². The summed E-state index contributed by atoms with van der Waals surface area (Å²) in [5.41, 5.74) is 2.72. The number of hydrogen-bond donors (Lipinski definition) is 1. The number of piperidine rings is 1. The van der Waals surface area contributed by atoms with E-state index in [4.69, 9.17) is 4.74 Å². The summed E-state index contributed by atoms with van der Waals surface area (Å²) in [5.74, 6) is -0.215. The summed E-state index contributed by atoms with van der Waals surface area (Å²) >= 11 is 0. The van der Waals surface area contributed by atoms with Crippen molar-refractivity contribution in [2.24, 2.45) is 0 Å². The van der Waals surface area contributed by atoms with Crippen LogP contribution in [0.15, 0.2) is 53.4 Å². The monoisotopic (exact) mass is 457 g/mol. The minimum Gasteiger partial charge on any atom is -0.379 e. The Kier molecular flexibility index (Phi) is 7.57. The fourth-order valence-electron chi connectivity index (χ4n) is 4.19. The van der Waals surface area contributed by atoms with Crippen molar-refractivity contribution in [1.82, 2.24) is 14.5 Å². The summed E-state index contributed by atoms with van der Waals surface area (Å²) in [6.45, 7) is 5.71. The molecule has 0 atom stereocenters. The molecule has 7 nitrogen and oxygen atoms in total. The maximum absolute atomic E-state index is 12.8. The summed E-state index contributed by atoms with van der Waals surface area (Å²) in [6, 6.07) is 14.4. The fraction of sp³-hybridized carbons (Fsp3) is 0.458. The lowest BCUT2D eigenvalue weighted by Gasteiger charge is -2.27. The van der Waals surface area contributed by atoms with Gasteiger partial charge >= 0.3 is 0 Å². The Balaban J connectivity index is 1.37. The van der Waals surface area contributed by atoms with E-state index < -0.39 is 10.0 Å². The molecule has 2 saturated heterocycles. The van der Waals surface area contributed by atoms with Crippen LogP contribution in [0.2, 0.25) is 0 Å². The Morgan fingerprint density at radius 2 is 1.53 bits per heavy atom. The van der Waals surface area contributed by atoms with Crippen molar-refractivity contribution in [3.8, 4) is 0 Å². The molecule has 0 aromatic heterocycles. The van der Waals surface area contributed by atoms with E-state index in [0.717, 1.165) is 57.7 Å². The van der Waals surface area contributed by atoms with Crippen LogP contribution in [0.5, 0.6) is 0 Å². The highest BCUT2D eigenvalue weighted by atomic mass is 32.2. The molecule has 0 unspecified atom stereocenters. The van der Waals surface area contributed by atoms with Gasteiger partial charge in [0.05, 0.1) is 18.1 Å². The van der Waals surface area contributed by atoms with Gasteiger partial charge in [0.25, 0.3) is 5.91 Å². The number of carbonyl (C=O) groups excluding carboxylic acids is 1. The minimum absolute atomic E-state index is 0.215. The summed E-state index contributed by atoms with van der Waals surface area (Å²) in [4.78, 5) is 15.3. The molecule has 32 heavy (non-hydrogen) atoms. The second-order valence-corrected chi connectivity index (χ2v) is 10.3. The predicted molar refractivity (Wildman–Crippen MR) is 123 cm³/mol. The summed E-state index contributed by atoms with van der Waals surface area (Å²) in [7, 11) is -3.49. The van der Waals surface area contributed by atoms with E-state index in [1.807, 2.05) is 18.2 Å². The van der Waals surface area contributed by atoms with Crippen LogP contribution in [0.4, 0.5) is 0 Å². The molecule has 2 aliphatic rings. The van der Waals surface area contributed by atoms with Gasteiger partial charge in [-0.2, -0.15) is 4.31 Å². The first-order valence-electron chi connectivity index (χ1n) is 11.3. The topological polar surface area (TPSA) is 79.0 Å². The first-order valence-corrected chi connectivity index (χ1v) is 12.7. The number of sulfonamides is 1. The van der Waals surface area contributed by atoms with Gasteiger partial charge in [0.2, 0.25) is 10.0 Å². The molecule has 0 spiro atoms. The van der Waals surface area contributed by atoms with Crippen LogP contribution < -0.4 is 5.32 Å². The molecule has 4 rings (SSSR count). The highest BCUT2D eigenvalue weighted by Gasteiger charge is 2.26. The molecule has 2 aliphatic heterocycles. The van der Waals surface area contributed by atoms with Crippen molar-refractivity contribution >= 4 is 15.9 Å². The molecule has 2 aromatic carbocycles. The van der Waals surface area contributed by atoms with E-state index in [0.29, 0.717) is 25.2 Å². The third-order valence-electron chi connectivity index (χ3n) is 6.12. The van der Waals surface area contributed by atoms with Crippen molar-refractivity contribution in [2.75, 3.05) is 39.4 Å². The molecule has 2 fully saturated rings. The van der Waals surface area contributed by atoms with E-state index in [-0.39, 0.29) is 10.8 Å². The zero-order chi connectivity index (χ0) is 22.4. The zero-order valence-electron chi connectivity index (χ0n) is 18.3. The number of nitrogens with one attached hydrogen (secondary N) is 1. The molecule has 172 valence electrons. The summed E-state index contributed by atoms with van der Waals surface area (Å²) in [5, 5.41) is 2.97. The van der Waals surface area contributed by atoms with Gasteiger partial charge < -0.3 is 10.1 Å². The maximum atomic E-state index is 12.8. The molecule has 8 heteroatoms. The quantitative estimate of drug-likeness (QED) is 0.692. The fourth-order valence-corrected chi connectivity index (χ4v) is 5.71. The molecular weight excluding hydrogens is 426 g/mol. The first kappa shape index (κ1) is 22.9. The van der Waals surface area contributed by atoms with E-state index in [2.05, 4.69) is 16.3 Å². The van der Waals surface area contributed by atoms with E-state index >= 15 is 0 Å². The molecule has 0 aliphatic carbocycles. The Morgan fingerprint density at radius 3 is 2.22 bits per heavy atom. The van der Waals surface area contributed by atoms with E-state index in [1.54, 1.807) is 12.1 Å². The summed E-state index contributed by atoms with van der Waals surface area (Å²) < 4.78 is 32.5. The van der Waals surface area contributed by atoms with E-state index in [9.17, 15) is 13.2 Å². The average Bonchev–Trinajstić information content (AvgIpc) is 2.84. The molecule has 1 amide bonds. The zero-order valence-corrected chi connectivity index (χ0v) is 19.1. The van der Waals surface area contributed by atoms with Gasteiger partial charge in [-0.15, -0.1) is 0 Å². The van der Waals surface area contributed by atoms with Gasteiger partial charge in [-0.1, -0.05) is 30.7 Å². The third kappa shape index (κ3) is 5.56. The molecule has 1 N–H and O–H groups in total. The summed E-state index contributed by atoms with van der Waals surface area (Å²) in [6.07, 6.45) is 2.86. The van der Waals surface area contributed by atoms with Crippen molar-refractivity contribution in [2.45, 2.75) is 37.2 Å². The van der Waals surface area contributed by atoms with Crippen LogP contribution in [0.1, 0.15) is 40.7 Å². The van der Waals surface area contributed by atoms with Gasteiger partial charge in [-0.05, 0) is 48.2 Å². The normalized spacial score (nSPS) is 18.4. The van der Waals surface area contributed by atoms with Crippen LogP contribution in [0, 0.1) is 0 Å². The second-order valence-electron chi connectivity index (χ2n) is 8.33. The molecule has 2 aromatic rings. The Bertz CT molecular complexity index is 1010. The largest absolute Gasteiger partial charge is 0.379 e. The molecule has 0 bridgehead atoms. The van der Waals surface area contributed by atoms with E-state index in [1.165, 1.54) is 22.0 Å². The highest BCUT2D eigenvalue weighted by molar-refractivity contribution is 7.89. The number of carbonyl (C=O) groups is 1. The Labute approximate surface area is 190 Å². The van der Waals surface area contributed by atoms with Gasteiger partial charge in [0.15, 0.2) is 0 Å². The van der Waals surface area contributed by atoms with Crippen LogP contribution in [0.25, 0.3) is 0 Å². The third-order valence-corrected chi connectivity index (χ3v) is 8.04. The number of morpholine rings is 1. The van der Waals surface area contributed by atoms with Crippen molar-refractivity contribution in [1.29, 1.82) is 0 Å². The van der Waals surface area contributed by atoms with Crippen LogP contribution in [0.3, 0.4) is 0 Å². The lowest BCUT2D eigenvalue weighted by atomic mass is 10.1. The second kappa shape index (κ2) is 10.6. The Morgan fingerprint density at radius 1 is 0.875 bits per heavy atom. The number of nitrogens with zero attached hydrogens (tertiary/aromatic N) is 2. The number of ether oxygens (including phenoxy) is 1. The van der Waals surface area contributed by atoms with Crippen LogP contribution in [-0.2, 0) is 27.8 Å². The molecular formula is C24H31N3O4S.